The van der Waals surface area contributed by atoms with E-state index in [1.54, 1.807) is 18.2 Å². The molecule has 0 aromatic heterocycles. The summed E-state index contributed by atoms with van der Waals surface area (Å²) in [4.78, 5) is 12.2. The zero-order valence-electron chi connectivity index (χ0n) is 16.5. The molecule has 160 valence electrons. The number of anilines is 1. The van der Waals surface area contributed by atoms with Gasteiger partial charge in [0.25, 0.3) is 5.91 Å². The van der Waals surface area contributed by atoms with Crippen molar-refractivity contribution >= 4 is 38.9 Å². The highest BCUT2D eigenvalue weighted by atomic mass is 32.2. The summed E-state index contributed by atoms with van der Waals surface area (Å²) in [5.41, 5.74) is 1.59. The lowest BCUT2D eigenvalue weighted by atomic mass is 10.2. The van der Waals surface area contributed by atoms with E-state index in [1.165, 1.54) is 16.4 Å². The van der Waals surface area contributed by atoms with Crippen LogP contribution < -0.4 is 15.4 Å². The number of hydrogen-bond acceptors (Lipinski definition) is 6. The highest BCUT2D eigenvalue weighted by molar-refractivity contribution is 7.89. The molecule has 0 bridgehead atoms. The van der Waals surface area contributed by atoms with Crippen LogP contribution in [0.4, 0.5) is 5.69 Å². The maximum Gasteiger partial charge on any atom is 0.264 e. The van der Waals surface area contributed by atoms with Gasteiger partial charge in [0.05, 0.1) is 18.1 Å². The molecule has 1 aliphatic heterocycles. The van der Waals surface area contributed by atoms with E-state index in [-0.39, 0.29) is 16.6 Å². The summed E-state index contributed by atoms with van der Waals surface area (Å²) in [6, 6.07) is 13.6. The molecular formula is C20H23N3O5S2. The molecule has 8 nitrogen and oxygen atoms in total. The van der Waals surface area contributed by atoms with Gasteiger partial charge in [-0.25, -0.2) is 8.42 Å². The van der Waals surface area contributed by atoms with E-state index in [9.17, 15) is 13.2 Å². The fourth-order valence-electron chi connectivity index (χ4n) is 2.83. The molecular weight excluding hydrogens is 426 g/mol. The molecule has 0 aliphatic carbocycles. The number of amides is 1. The van der Waals surface area contributed by atoms with E-state index in [0.29, 0.717) is 37.7 Å². The highest BCUT2D eigenvalue weighted by Crippen LogP contribution is 2.19. The summed E-state index contributed by atoms with van der Waals surface area (Å²) in [5, 5.41) is 5.47. The van der Waals surface area contributed by atoms with Gasteiger partial charge in [0.2, 0.25) is 10.0 Å². The van der Waals surface area contributed by atoms with Gasteiger partial charge >= 0.3 is 0 Å². The van der Waals surface area contributed by atoms with Crippen LogP contribution in [0.25, 0.3) is 0 Å². The fourth-order valence-corrected chi connectivity index (χ4v) is 4.46. The Bertz CT molecular complexity index is 1000. The van der Waals surface area contributed by atoms with E-state index in [2.05, 4.69) is 10.6 Å². The minimum absolute atomic E-state index is 0.0941. The summed E-state index contributed by atoms with van der Waals surface area (Å²) in [6.45, 7) is 3.21. The third-order valence-electron chi connectivity index (χ3n) is 4.33. The van der Waals surface area contributed by atoms with E-state index < -0.39 is 15.9 Å². The first-order valence-electron chi connectivity index (χ1n) is 9.33. The molecule has 0 spiro atoms. The Morgan fingerprint density at radius 3 is 2.53 bits per heavy atom. The fraction of sp³-hybridized carbons (Fsp3) is 0.300. The van der Waals surface area contributed by atoms with Gasteiger partial charge in [-0.05, 0) is 61.1 Å². The molecule has 1 heterocycles. The number of benzene rings is 2. The number of carbonyl (C=O) groups is 1. The van der Waals surface area contributed by atoms with Crippen LogP contribution in [0.2, 0.25) is 0 Å². The quantitative estimate of drug-likeness (QED) is 0.650. The molecule has 3 rings (SSSR count). The SMILES string of the molecule is Cc1cccc(OCC(=O)NC(=S)Nc2ccc(S(=O)(=O)N3CCOCC3)cc2)c1. The lowest BCUT2D eigenvalue weighted by Gasteiger charge is -2.26. The molecule has 10 heteroatoms. The Hall–Kier alpha value is -2.53. The highest BCUT2D eigenvalue weighted by Gasteiger charge is 2.26. The molecule has 2 aromatic carbocycles. The van der Waals surface area contributed by atoms with E-state index in [0.717, 1.165) is 5.56 Å². The average molecular weight is 450 g/mol. The number of carbonyl (C=O) groups excluding carboxylic acids is 1. The summed E-state index contributed by atoms with van der Waals surface area (Å²) in [6.07, 6.45) is 0. The molecule has 1 aliphatic rings. The first-order chi connectivity index (χ1) is 14.3. The minimum atomic E-state index is -3.56. The third-order valence-corrected chi connectivity index (χ3v) is 6.45. The number of ether oxygens (including phenoxy) is 2. The van der Waals surface area contributed by atoms with Crippen LogP contribution in [0, 0.1) is 6.92 Å². The van der Waals surface area contributed by atoms with Crippen LogP contribution in [0.15, 0.2) is 53.4 Å². The smallest absolute Gasteiger partial charge is 0.264 e. The van der Waals surface area contributed by atoms with Crippen molar-refractivity contribution in [2.45, 2.75) is 11.8 Å². The molecule has 1 amide bonds. The summed E-state index contributed by atoms with van der Waals surface area (Å²) in [7, 11) is -3.56. The van der Waals surface area contributed by atoms with Crippen molar-refractivity contribution in [3.63, 3.8) is 0 Å². The number of nitrogens with one attached hydrogen (secondary N) is 2. The number of nitrogens with zero attached hydrogens (tertiary/aromatic N) is 1. The summed E-state index contributed by atoms with van der Waals surface area (Å²) >= 11 is 5.13. The van der Waals surface area contributed by atoms with Crippen molar-refractivity contribution in [3.8, 4) is 5.75 Å². The molecule has 0 saturated carbocycles. The van der Waals surface area contributed by atoms with Crippen LogP contribution in [-0.4, -0.2) is 56.7 Å². The number of hydrogen-bond donors (Lipinski definition) is 2. The first kappa shape index (κ1) is 22.2. The predicted octanol–water partition coefficient (Wildman–Crippen LogP) is 1.91. The molecule has 0 unspecified atom stereocenters. The van der Waals surface area contributed by atoms with E-state index in [4.69, 9.17) is 21.7 Å². The lowest BCUT2D eigenvalue weighted by molar-refractivity contribution is -0.121. The van der Waals surface area contributed by atoms with E-state index in [1.807, 2.05) is 25.1 Å². The number of sulfonamides is 1. The van der Waals surface area contributed by atoms with Gasteiger partial charge in [-0.2, -0.15) is 4.31 Å². The molecule has 1 saturated heterocycles. The second-order valence-corrected chi connectivity index (χ2v) is 8.99. The van der Waals surface area contributed by atoms with Crippen molar-refractivity contribution in [2.75, 3.05) is 38.2 Å². The maximum atomic E-state index is 12.6. The Morgan fingerprint density at radius 1 is 1.17 bits per heavy atom. The number of rotatable bonds is 6. The van der Waals surface area contributed by atoms with Crippen molar-refractivity contribution in [1.29, 1.82) is 0 Å². The monoisotopic (exact) mass is 449 g/mol. The van der Waals surface area contributed by atoms with Gasteiger partial charge in [0, 0.05) is 18.8 Å². The van der Waals surface area contributed by atoms with Crippen molar-refractivity contribution in [3.05, 3.63) is 54.1 Å². The van der Waals surface area contributed by atoms with Crippen molar-refractivity contribution < 1.29 is 22.7 Å². The molecule has 2 N–H and O–H groups in total. The Kier molecular flexibility index (Phi) is 7.38. The number of morpholine rings is 1. The zero-order chi connectivity index (χ0) is 21.6. The number of thiocarbonyl (C=S) groups is 1. The van der Waals surface area contributed by atoms with Crippen LogP contribution in [-0.2, 0) is 19.6 Å². The molecule has 30 heavy (non-hydrogen) atoms. The molecule has 2 aromatic rings. The summed E-state index contributed by atoms with van der Waals surface area (Å²) in [5.74, 6) is 0.196. The van der Waals surface area contributed by atoms with Gasteiger partial charge in [-0.1, -0.05) is 12.1 Å². The van der Waals surface area contributed by atoms with Crippen molar-refractivity contribution in [2.24, 2.45) is 0 Å². The van der Waals surface area contributed by atoms with Gasteiger partial charge in [-0.3, -0.25) is 10.1 Å². The van der Waals surface area contributed by atoms with Crippen molar-refractivity contribution in [1.82, 2.24) is 9.62 Å². The van der Waals surface area contributed by atoms with Crippen LogP contribution >= 0.6 is 12.2 Å². The van der Waals surface area contributed by atoms with E-state index >= 15 is 0 Å². The second-order valence-electron chi connectivity index (χ2n) is 6.65. The first-order valence-corrected chi connectivity index (χ1v) is 11.2. The van der Waals surface area contributed by atoms with Gasteiger partial charge in [0.1, 0.15) is 5.75 Å². The second kappa shape index (κ2) is 9.98. The van der Waals surface area contributed by atoms with Crippen LogP contribution in [0.1, 0.15) is 5.56 Å². The Labute approximate surface area is 181 Å². The van der Waals surface area contributed by atoms with Crippen LogP contribution in [0.3, 0.4) is 0 Å². The topological polar surface area (TPSA) is 97.0 Å². The van der Waals surface area contributed by atoms with Gasteiger partial charge < -0.3 is 14.8 Å². The standard InChI is InChI=1S/C20H23N3O5S2/c1-15-3-2-4-17(13-15)28-14-19(24)22-20(29)21-16-5-7-18(8-6-16)30(25,26)23-9-11-27-12-10-23/h2-8,13H,9-12,14H2,1H3,(H2,21,22,24,29). The van der Waals surface area contributed by atoms with Gasteiger partial charge in [0.15, 0.2) is 11.7 Å². The minimum Gasteiger partial charge on any atom is -0.484 e. The predicted molar refractivity (Wildman–Crippen MR) is 117 cm³/mol. The average Bonchev–Trinajstić information content (AvgIpc) is 2.73. The Balaban J connectivity index is 1.51. The maximum absolute atomic E-state index is 12.6. The van der Waals surface area contributed by atoms with Gasteiger partial charge in [-0.15, -0.1) is 0 Å². The zero-order valence-corrected chi connectivity index (χ0v) is 18.1. The number of aryl methyl sites for hydroxylation is 1. The van der Waals surface area contributed by atoms with Crippen LogP contribution in [0.5, 0.6) is 5.75 Å². The molecule has 1 fully saturated rings. The summed E-state index contributed by atoms with van der Waals surface area (Å²) < 4.78 is 37.3. The molecule has 0 radical (unpaired) electrons. The molecule has 0 atom stereocenters. The Morgan fingerprint density at radius 2 is 1.87 bits per heavy atom. The third kappa shape index (κ3) is 5.99. The lowest BCUT2D eigenvalue weighted by Crippen LogP contribution is -2.40. The largest absolute Gasteiger partial charge is 0.484 e. The normalized spacial score (nSPS) is 14.7.